The van der Waals surface area contributed by atoms with E-state index in [0.717, 1.165) is 32.2 Å². The second-order valence-electron chi connectivity index (χ2n) is 5.39. The summed E-state index contributed by atoms with van der Waals surface area (Å²) < 4.78 is 10.0. The lowest BCUT2D eigenvalue weighted by molar-refractivity contribution is -0.151. The number of amides is 1. The lowest BCUT2D eigenvalue weighted by Gasteiger charge is -2.34. The van der Waals surface area contributed by atoms with Gasteiger partial charge in [-0.25, -0.2) is 0 Å². The molecule has 6 heteroatoms. The second-order valence-corrected chi connectivity index (χ2v) is 5.39. The number of nitrogens with one attached hydrogen (secondary N) is 1. The smallest absolute Gasteiger partial charge is 0.325 e. The Morgan fingerprint density at radius 2 is 2.10 bits per heavy atom. The quantitative estimate of drug-likeness (QED) is 0.642. The van der Waals surface area contributed by atoms with Crippen LogP contribution in [0.25, 0.3) is 0 Å². The van der Waals surface area contributed by atoms with E-state index in [0.29, 0.717) is 19.8 Å². The Kier molecular flexibility index (Phi) is 7.67. The summed E-state index contributed by atoms with van der Waals surface area (Å²) in [6.07, 6.45) is 3.53. The molecule has 0 aliphatic carbocycles. The molecule has 1 rings (SSSR count). The molecule has 1 saturated heterocycles. The summed E-state index contributed by atoms with van der Waals surface area (Å²) in [6, 6.07) is 0. The van der Waals surface area contributed by atoms with E-state index in [-0.39, 0.29) is 18.4 Å². The van der Waals surface area contributed by atoms with Gasteiger partial charge in [0.15, 0.2) is 0 Å². The zero-order valence-electron chi connectivity index (χ0n) is 13.4. The van der Waals surface area contributed by atoms with Gasteiger partial charge in [0.2, 0.25) is 5.91 Å². The van der Waals surface area contributed by atoms with Gasteiger partial charge in [0, 0.05) is 13.7 Å². The van der Waals surface area contributed by atoms with Gasteiger partial charge in [-0.15, -0.1) is 0 Å². The van der Waals surface area contributed by atoms with E-state index < -0.39 is 5.54 Å². The number of hydrogen-bond donors (Lipinski definition) is 1. The van der Waals surface area contributed by atoms with Gasteiger partial charge >= 0.3 is 5.97 Å². The topological polar surface area (TPSA) is 67.9 Å². The summed E-state index contributed by atoms with van der Waals surface area (Å²) in [4.78, 5) is 26.2. The number of ether oxygens (including phenoxy) is 2. The average Bonchev–Trinajstić information content (AvgIpc) is 2.93. The lowest BCUT2D eigenvalue weighted by Crippen LogP contribution is -2.56. The van der Waals surface area contributed by atoms with Crippen LogP contribution in [-0.2, 0) is 19.1 Å². The van der Waals surface area contributed by atoms with Crippen LogP contribution in [0.2, 0.25) is 0 Å². The van der Waals surface area contributed by atoms with Gasteiger partial charge in [-0.3, -0.25) is 9.59 Å². The van der Waals surface area contributed by atoms with E-state index in [9.17, 15) is 9.59 Å². The van der Waals surface area contributed by atoms with Crippen molar-refractivity contribution in [3.8, 4) is 0 Å². The maximum Gasteiger partial charge on any atom is 0.325 e. The molecule has 21 heavy (non-hydrogen) atoms. The fourth-order valence-electron chi connectivity index (χ4n) is 2.85. The van der Waals surface area contributed by atoms with Crippen molar-refractivity contribution in [2.24, 2.45) is 0 Å². The number of nitrogens with zero attached hydrogens (tertiary/aromatic N) is 1. The molecule has 1 fully saturated rings. The van der Waals surface area contributed by atoms with Crippen LogP contribution in [0, 0.1) is 0 Å². The maximum atomic E-state index is 12.9. The Balaban J connectivity index is 2.79. The van der Waals surface area contributed by atoms with Gasteiger partial charge < -0.3 is 19.7 Å². The summed E-state index contributed by atoms with van der Waals surface area (Å²) in [7, 11) is 1.59. The van der Waals surface area contributed by atoms with Crippen molar-refractivity contribution in [3.63, 3.8) is 0 Å². The highest BCUT2D eigenvalue weighted by atomic mass is 16.5. The predicted octanol–water partition coefficient (Wildman–Crippen LogP) is 0.947. The number of hydrogen-bond acceptors (Lipinski definition) is 5. The molecule has 1 unspecified atom stereocenters. The van der Waals surface area contributed by atoms with Crippen LogP contribution in [-0.4, -0.2) is 62.3 Å². The molecule has 0 radical (unpaired) electrons. The molecule has 1 N–H and O–H groups in total. The third-order valence-electron chi connectivity index (χ3n) is 3.81. The van der Waals surface area contributed by atoms with Crippen molar-refractivity contribution in [3.05, 3.63) is 0 Å². The third kappa shape index (κ3) is 4.97. The Bertz CT molecular complexity index is 341. The fraction of sp³-hybridized carbons (Fsp3) is 0.867. The Hall–Kier alpha value is -1.14. The van der Waals surface area contributed by atoms with Crippen molar-refractivity contribution in [1.82, 2.24) is 10.2 Å². The Morgan fingerprint density at radius 3 is 2.62 bits per heavy atom. The van der Waals surface area contributed by atoms with Gasteiger partial charge in [0.25, 0.3) is 0 Å². The first-order valence-corrected chi connectivity index (χ1v) is 7.78. The Morgan fingerprint density at radius 1 is 1.33 bits per heavy atom. The largest absolute Gasteiger partial charge is 0.465 e. The first kappa shape index (κ1) is 17.9. The summed E-state index contributed by atoms with van der Waals surface area (Å²) in [5, 5.41) is 3.35. The minimum Gasteiger partial charge on any atom is -0.465 e. The molecule has 1 amide bonds. The number of rotatable bonds is 9. The van der Waals surface area contributed by atoms with E-state index in [4.69, 9.17) is 9.47 Å². The molecule has 0 saturated carbocycles. The minimum absolute atomic E-state index is 0.00745. The molecule has 1 aliphatic heterocycles. The molecular formula is C15H28N2O4. The normalized spacial score (nSPS) is 21.3. The van der Waals surface area contributed by atoms with Crippen molar-refractivity contribution in [1.29, 1.82) is 0 Å². The standard InChI is InChI=1S/C15H28N2O4/c1-4-7-15(8-6-9-16-15)14(19)17(10-11-20-3)12-13(18)21-5-2/h16H,4-12H2,1-3H3. The predicted molar refractivity (Wildman–Crippen MR) is 80.0 cm³/mol. The van der Waals surface area contributed by atoms with Crippen LogP contribution >= 0.6 is 0 Å². The molecule has 0 spiro atoms. The van der Waals surface area contributed by atoms with E-state index >= 15 is 0 Å². The van der Waals surface area contributed by atoms with Gasteiger partial charge in [-0.05, 0) is 32.7 Å². The zero-order chi connectivity index (χ0) is 15.7. The first-order chi connectivity index (χ1) is 10.1. The third-order valence-corrected chi connectivity index (χ3v) is 3.81. The van der Waals surface area contributed by atoms with Crippen molar-refractivity contribution in [2.75, 3.05) is 40.0 Å². The first-order valence-electron chi connectivity index (χ1n) is 7.78. The molecule has 1 atom stereocenters. The molecular weight excluding hydrogens is 272 g/mol. The maximum absolute atomic E-state index is 12.9. The summed E-state index contributed by atoms with van der Waals surface area (Å²) in [5.74, 6) is -0.376. The van der Waals surface area contributed by atoms with Gasteiger partial charge in [0.05, 0.1) is 18.8 Å². The highest BCUT2D eigenvalue weighted by molar-refractivity contribution is 5.89. The van der Waals surface area contributed by atoms with Gasteiger partial charge in [-0.1, -0.05) is 13.3 Å². The van der Waals surface area contributed by atoms with Crippen LogP contribution < -0.4 is 5.32 Å². The number of carbonyl (C=O) groups excluding carboxylic acids is 2. The van der Waals surface area contributed by atoms with Crippen LogP contribution in [0.15, 0.2) is 0 Å². The highest BCUT2D eigenvalue weighted by Gasteiger charge is 2.42. The van der Waals surface area contributed by atoms with Crippen LogP contribution in [0.1, 0.15) is 39.5 Å². The minimum atomic E-state index is -0.519. The molecule has 0 aromatic heterocycles. The summed E-state index contributed by atoms with van der Waals surface area (Å²) >= 11 is 0. The molecule has 1 heterocycles. The van der Waals surface area contributed by atoms with Crippen molar-refractivity contribution in [2.45, 2.75) is 45.1 Å². The van der Waals surface area contributed by atoms with Crippen LogP contribution in [0.3, 0.4) is 0 Å². The van der Waals surface area contributed by atoms with E-state index in [2.05, 4.69) is 12.2 Å². The summed E-state index contributed by atoms with van der Waals surface area (Å²) in [6.45, 7) is 5.81. The lowest BCUT2D eigenvalue weighted by atomic mass is 9.90. The van der Waals surface area contributed by atoms with Crippen LogP contribution in [0.5, 0.6) is 0 Å². The summed E-state index contributed by atoms with van der Waals surface area (Å²) in [5.41, 5.74) is -0.519. The highest BCUT2D eigenvalue weighted by Crippen LogP contribution is 2.27. The van der Waals surface area contributed by atoms with Gasteiger partial charge in [-0.2, -0.15) is 0 Å². The molecule has 122 valence electrons. The second kappa shape index (κ2) is 9.00. The molecule has 0 aromatic rings. The molecule has 0 aromatic carbocycles. The number of carbonyl (C=O) groups is 2. The van der Waals surface area contributed by atoms with E-state index in [1.807, 2.05) is 0 Å². The van der Waals surface area contributed by atoms with Gasteiger partial charge in [0.1, 0.15) is 6.54 Å². The van der Waals surface area contributed by atoms with Crippen molar-refractivity contribution >= 4 is 11.9 Å². The monoisotopic (exact) mass is 300 g/mol. The average molecular weight is 300 g/mol. The number of methoxy groups -OCH3 is 1. The molecule has 1 aliphatic rings. The fourth-order valence-corrected chi connectivity index (χ4v) is 2.85. The van der Waals surface area contributed by atoms with E-state index in [1.54, 1.807) is 18.9 Å². The molecule has 0 bridgehead atoms. The SMILES string of the molecule is CCCC1(C(=O)N(CCOC)CC(=O)OCC)CCCN1. The Labute approximate surface area is 127 Å². The number of esters is 1. The van der Waals surface area contributed by atoms with E-state index in [1.165, 1.54) is 0 Å². The zero-order valence-corrected chi connectivity index (χ0v) is 13.4. The van der Waals surface area contributed by atoms with Crippen LogP contribution in [0.4, 0.5) is 0 Å². The van der Waals surface area contributed by atoms with Crippen molar-refractivity contribution < 1.29 is 19.1 Å². The molecule has 6 nitrogen and oxygen atoms in total.